The first-order chi connectivity index (χ1) is 10.6. The van der Waals surface area contributed by atoms with Crippen LogP contribution in [0.5, 0.6) is 11.5 Å². The van der Waals surface area contributed by atoms with Crippen molar-refractivity contribution in [3.63, 3.8) is 0 Å². The Morgan fingerprint density at radius 3 is 2.26 bits per heavy atom. The summed E-state index contributed by atoms with van der Waals surface area (Å²) in [5.41, 5.74) is 6.49. The van der Waals surface area contributed by atoms with Crippen molar-refractivity contribution in [2.75, 3.05) is 18.5 Å². The summed E-state index contributed by atoms with van der Waals surface area (Å²) in [6.45, 7) is 7.34. The highest BCUT2D eigenvalue weighted by Gasteiger charge is 2.14. The van der Waals surface area contributed by atoms with Crippen molar-refractivity contribution in [1.82, 2.24) is 0 Å². The summed E-state index contributed by atoms with van der Waals surface area (Å²) in [6, 6.07) is 4.93. The van der Waals surface area contributed by atoms with Crippen molar-refractivity contribution in [1.29, 1.82) is 0 Å². The van der Waals surface area contributed by atoms with Gasteiger partial charge in [0.05, 0.1) is 19.3 Å². The summed E-state index contributed by atoms with van der Waals surface area (Å²) >= 11 is 0. The number of rotatable bonds is 10. The Labute approximate surface area is 145 Å². The summed E-state index contributed by atoms with van der Waals surface area (Å²) in [5.74, 6) is 1.17. The Balaban J connectivity index is 0.00000484. The molecule has 132 valence electrons. The molecule has 6 heteroatoms. The lowest BCUT2D eigenvalue weighted by Gasteiger charge is -2.15. The summed E-state index contributed by atoms with van der Waals surface area (Å²) in [6.07, 6.45) is 3.38. The predicted molar refractivity (Wildman–Crippen MR) is 96.8 cm³/mol. The smallest absolute Gasteiger partial charge is 0.241 e. The molecule has 1 atom stereocenters. The minimum absolute atomic E-state index is 0. The van der Waals surface area contributed by atoms with E-state index in [1.807, 2.05) is 19.9 Å². The lowest BCUT2D eigenvalue weighted by Crippen LogP contribution is -2.35. The molecule has 0 saturated carbocycles. The molecule has 1 aromatic carbocycles. The van der Waals surface area contributed by atoms with Crippen LogP contribution >= 0.6 is 12.4 Å². The highest BCUT2D eigenvalue weighted by atomic mass is 35.5. The Kier molecular flexibility index (Phi) is 11.3. The topological polar surface area (TPSA) is 73.6 Å². The van der Waals surface area contributed by atoms with Crippen molar-refractivity contribution in [3.05, 3.63) is 18.2 Å². The molecular formula is C17H29ClN2O3. The summed E-state index contributed by atoms with van der Waals surface area (Å²) in [4.78, 5) is 12.0. The normalized spacial score (nSPS) is 11.3. The van der Waals surface area contributed by atoms with Gasteiger partial charge in [0.2, 0.25) is 5.91 Å². The van der Waals surface area contributed by atoms with Crippen LogP contribution in [0.15, 0.2) is 18.2 Å². The number of ether oxygens (including phenoxy) is 2. The number of amides is 1. The van der Waals surface area contributed by atoms with Crippen LogP contribution in [0.3, 0.4) is 0 Å². The molecule has 0 aromatic heterocycles. The van der Waals surface area contributed by atoms with Gasteiger partial charge in [0.25, 0.3) is 0 Å². The summed E-state index contributed by atoms with van der Waals surface area (Å²) in [5, 5.41) is 2.83. The van der Waals surface area contributed by atoms with E-state index < -0.39 is 6.04 Å². The number of nitrogens with two attached hydrogens (primary N) is 1. The van der Waals surface area contributed by atoms with Crippen LogP contribution in [0.4, 0.5) is 5.69 Å². The highest BCUT2D eigenvalue weighted by molar-refractivity contribution is 5.94. The third kappa shape index (κ3) is 7.57. The lowest BCUT2D eigenvalue weighted by atomic mass is 10.1. The number of nitrogens with one attached hydrogen (secondary N) is 1. The highest BCUT2D eigenvalue weighted by Crippen LogP contribution is 2.31. The summed E-state index contributed by atoms with van der Waals surface area (Å²) < 4.78 is 11.4. The number of benzene rings is 1. The molecule has 23 heavy (non-hydrogen) atoms. The fourth-order valence-corrected chi connectivity index (χ4v) is 1.92. The zero-order chi connectivity index (χ0) is 16.4. The molecule has 0 heterocycles. The van der Waals surface area contributed by atoms with Gasteiger partial charge in [0.1, 0.15) is 0 Å². The van der Waals surface area contributed by atoms with Gasteiger partial charge < -0.3 is 20.5 Å². The van der Waals surface area contributed by atoms with E-state index in [2.05, 4.69) is 12.2 Å². The number of halogens is 1. The quantitative estimate of drug-likeness (QED) is 0.678. The number of hydrogen-bond acceptors (Lipinski definition) is 4. The largest absolute Gasteiger partial charge is 0.490 e. The van der Waals surface area contributed by atoms with E-state index in [1.165, 1.54) is 0 Å². The van der Waals surface area contributed by atoms with Crippen molar-refractivity contribution in [2.45, 2.75) is 52.5 Å². The molecule has 0 saturated heterocycles. The SMILES string of the molecule is CCCOc1ccc(NC(=O)C(N)CCC)cc1OCCC.Cl. The van der Waals surface area contributed by atoms with Gasteiger partial charge in [-0.05, 0) is 31.4 Å². The molecular weight excluding hydrogens is 316 g/mol. The van der Waals surface area contributed by atoms with E-state index in [0.717, 1.165) is 19.3 Å². The number of carbonyl (C=O) groups is 1. The van der Waals surface area contributed by atoms with E-state index >= 15 is 0 Å². The molecule has 0 bridgehead atoms. The minimum atomic E-state index is -0.485. The molecule has 0 aliphatic heterocycles. The van der Waals surface area contributed by atoms with Crippen LogP contribution in [0.25, 0.3) is 0 Å². The average molecular weight is 345 g/mol. The first kappa shape index (κ1) is 21.5. The molecule has 1 unspecified atom stereocenters. The van der Waals surface area contributed by atoms with Crippen LogP contribution in [-0.4, -0.2) is 25.2 Å². The standard InChI is InChI=1S/C17H28N2O3.ClH/c1-4-7-14(18)17(20)19-13-8-9-15(21-10-5-2)16(12-13)22-11-6-3;/h8-9,12,14H,4-7,10-11,18H2,1-3H3,(H,19,20);1H. The van der Waals surface area contributed by atoms with Gasteiger partial charge in [0, 0.05) is 11.8 Å². The van der Waals surface area contributed by atoms with E-state index in [4.69, 9.17) is 15.2 Å². The number of carbonyl (C=O) groups excluding carboxylic acids is 1. The van der Waals surface area contributed by atoms with E-state index in [1.54, 1.807) is 12.1 Å². The zero-order valence-electron chi connectivity index (χ0n) is 14.3. The van der Waals surface area contributed by atoms with Crippen molar-refractivity contribution in [3.8, 4) is 11.5 Å². The lowest BCUT2D eigenvalue weighted by molar-refractivity contribution is -0.117. The second kappa shape index (κ2) is 12.0. The molecule has 0 spiro atoms. The van der Waals surface area contributed by atoms with E-state index in [-0.39, 0.29) is 18.3 Å². The van der Waals surface area contributed by atoms with Crippen LogP contribution in [-0.2, 0) is 4.79 Å². The molecule has 1 amide bonds. The molecule has 3 N–H and O–H groups in total. The van der Waals surface area contributed by atoms with Crippen LogP contribution in [0.1, 0.15) is 46.5 Å². The maximum Gasteiger partial charge on any atom is 0.241 e. The van der Waals surface area contributed by atoms with E-state index in [0.29, 0.717) is 36.8 Å². The fourth-order valence-electron chi connectivity index (χ4n) is 1.92. The van der Waals surface area contributed by atoms with Gasteiger partial charge in [0.15, 0.2) is 11.5 Å². The van der Waals surface area contributed by atoms with Gasteiger partial charge in [-0.2, -0.15) is 0 Å². The predicted octanol–water partition coefficient (Wildman–Crippen LogP) is 3.75. The van der Waals surface area contributed by atoms with Crippen molar-refractivity contribution >= 4 is 24.0 Å². The van der Waals surface area contributed by atoms with Gasteiger partial charge in [-0.15, -0.1) is 12.4 Å². The Morgan fingerprint density at radius 2 is 1.70 bits per heavy atom. The third-order valence-electron chi connectivity index (χ3n) is 3.07. The number of hydrogen-bond donors (Lipinski definition) is 2. The minimum Gasteiger partial charge on any atom is -0.490 e. The molecule has 0 aliphatic rings. The van der Waals surface area contributed by atoms with Crippen LogP contribution in [0, 0.1) is 0 Å². The van der Waals surface area contributed by atoms with Gasteiger partial charge in [-0.25, -0.2) is 0 Å². The second-order valence-corrected chi connectivity index (χ2v) is 5.24. The van der Waals surface area contributed by atoms with Crippen LogP contribution in [0.2, 0.25) is 0 Å². The number of anilines is 1. The molecule has 1 rings (SSSR count). The molecule has 0 aliphatic carbocycles. The molecule has 1 aromatic rings. The Morgan fingerprint density at radius 1 is 1.09 bits per heavy atom. The maximum absolute atomic E-state index is 12.0. The Bertz CT molecular complexity index is 469. The molecule has 0 radical (unpaired) electrons. The van der Waals surface area contributed by atoms with E-state index in [9.17, 15) is 4.79 Å². The monoisotopic (exact) mass is 344 g/mol. The maximum atomic E-state index is 12.0. The van der Waals surface area contributed by atoms with Gasteiger partial charge >= 0.3 is 0 Å². The molecule has 0 fully saturated rings. The second-order valence-electron chi connectivity index (χ2n) is 5.24. The first-order valence-electron chi connectivity index (χ1n) is 8.08. The summed E-state index contributed by atoms with van der Waals surface area (Å²) in [7, 11) is 0. The zero-order valence-corrected chi connectivity index (χ0v) is 15.1. The van der Waals surface area contributed by atoms with Crippen LogP contribution < -0.4 is 20.5 Å². The van der Waals surface area contributed by atoms with Gasteiger partial charge in [-0.1, -0.05) is 27.2 Å². The third-order valence-corrected chi connectivity index (χ3v) is 3.07. The average Bonchev–Trinajstić information content (AvgIpc) is 2.52. The molecule has 5 nitrogen and oxygen atoms in total. The van der Waals surface area contributed by atoms with Gasteiger partial charge in [-0.3, -0.25) is 4.79 Å². The van der Waals surface area contributed by atoms with Crippen molar-refractivity contribution in [2.24, 2.45) is 5.73 Å². The van der Waals surface area contributed by atoms with Crippen molar-refractivity contribution < 1.29 is 14.3 Å². The first-order valence-corrected chi connectivity index (χ1v) is 8.08. The fraction of sp³-hybridized carbons (Fsp3) is 0.588. The Hall–Kier alpha value is -1.46.